The number of aryl methyl sites for hydroxylation is 1. The number of nitrogens with zero attached hydrogens (tertiary/aromatic N) is 1. The number of anilines is 1. The average molecular weight is 513 g/mol. The maximum atomic E-state index is 15.5. The van der Waals surface area contributed by atoms with E-state index in [1.54, 1.807) is 31.3 Å². The van der Waals surface area contributed by atoms with E-state index in [-0.39, 0.29) is 42.7 Å². The number of hydrogen-bond acceptors (Lipinski definition) is 6. The Bertz CT molecular complexity index is 1470. The molecule has 0 bridgehead atoms. The van der Waals surface area contributed by atoms with Crippen LogP contribution in [-0.4, -0.2) is 21.8 Å². The van der Waals surface area contributed by atoms with Crippen LogP contribution >= 0.6 is 0 Å². The Hall–Kier alpha value is -4.76. The minimum atomic E-state index is -0.630. The molecule has 9 heteroatoms. The summed E-state index contributed by atoms with van der Waals surface area (Å²) in [6, 6.07) is 19.7. The summed E-state index contributed by atoms with van der Waals surface area (Å²) in [6.07, 6.45) is 1.62. The molecule has 4 aromatic rings. The molecule has 0 aliphatic carbocycles. The highest BCUT2D eigenvalue weighted by atomic mass is 19.1. The number of halogens is 1. The smallest absolute Gasteiger partial charge is 0.157 e. The van der Waals surface area contributed by atoms with Crippen LogP contribution in [0.25, 0.3) is 11.1 Å². The van der Waals surface area contributed by atoms with Gasteiger partial charge >= 0.3 is 0 Å². The second-order valence-electron chi connectivity index (χ2n) is 8.72. The van der Waals surface area contributed by atoms with E-state index in [1.165, 1.54) is 6.07 Å². The number of aliphatic hydroxyl groups is 1. The summed E-state index contributed by atoms with van der Waals surface area (Å²) in [7, 11) is 0. The fourth-order valence-electron chi connectivity index (χ4n) is 4.13. The van der Waals surface area contributed by atoms with Crippen molar-refractivity contribution < 1.29 is 14.2 Å². The summed E-state index contributed by atoms with van der Waals surface area (Å²) in [4.78, 5) is 4.43. The van der Waals surface area contributed by atoms with Gasteiger partial charge in [-0.1, -0.05) is 60.7 Å². The predicted molar refractivity (Wildman–Crippen MR) is 147 cm³/mol. The maximum absolute atomic E-state index is 15.5. The van der Waals surface area contributed by atoms with E-state index in [2.05, 4.69) is 10.3 Å². The highest BCUT2D eigenvalue weighted by Crippen LogP contribution is 2.34. The minimum Gasteiger partial charge on any atom is -0.487 e. The van der Waals surface area contributed by atoms with Crippen LogP contribution in [0.1, 0.15) is 33.5 Å². The van der Waals surface area contributed by atoms with Crippen LogP contribution in [-0.2, 0) is 19.8 Å². The van der Waals surface area contributed by atoms with Gasteiger partial charge in [0, 0.05) is 29.4 Å². The molecule has 38 heavy (non-hydrogen) atoms. The molecule has 0 saturated heterocycles. The summed E-state index contributed by atoms with van der Waals surface area (Å²) >= 11 is 0. The molecule has 0 amide bonds. The van der Waals surface area contributed by atoms with Crippen molar-refractivity contribution in [2.75, 3.05) is 5.32 Å². The fourth-order valence-corrected chi connectivity index (χ4v) is 4.13. The number of aromatic nitrogens is 1. The Labute approximate surface area is 220 Å². The van der Waals surface area contributed by atoms with Crippen LogP contribution in [0.3, 0.4) is 0 Å². The van der Waals surface area contributed by atoms with Gasteiger partial charge in [0.2, 0.25) is 0 Å². The van der Waals surface area contributed by atoms with Crippen molar-refractivity contribution in [3.05, 3.63) is 112 Å². The Morgan fingerprint density at radius 1 is 1.00 bits per heavy atom. The molecule has 1 heterocycles. The van der Waals surface area contributed by atoms with Crippen LogP contribution in [0, 0.1) is 23.6 Å². The van der Waals surface area contributed by atoms with Gasteiger partial charge in [-0.15, -0.1) is 0 Å². The second kappa shape index (κ2) is 11.5. The third kappa shape index (κ3) is 5.63. The molecule has 0 radical (unpaired) electrons. The summed E-state index contributed by atoms with van der Waals surface area (Å²) in [6.45, 7) is 1.84. The standard InChI is InChI=1S/C29H29FN6O2/c1-17-27(38-16-18-7-9-20(10-8-18)28(31)32)24(15-37)21(13-35-17)14-36-26-22(19-5-3-2-4-6-19)11-12-23(25(26)30)29(33)34/h2-13,36-37H,14-16H2,1H3,(H3,31,32)(H3,33,34). The van der Waals surface area contributed by atoms with Crippen molar-refractivity contribution in [3.8, 4) is 16.9 Å². The lowest BCUT2D eigenvalue weighted by Crippen LogP contribution is -2.16. The van der Waals surface area contributed by atoms with Crippen LogP contribution in [0.2, 0.25) is 0 Å². The number of nitrogens with two attached hydrogens (primary N) is 2. The number of nitrogen functional groups attached to an aromatic ring is 2. The first-order valence-electron chi connectivity index (χ1n) is 11.9. The lowest BCUT2D eigenvalue weighted by Gasteiger charge is -2.19. The van der Waals surface area contributed by atoms with E-state index < -0.39 is 5.82 Å². The summed E-state index contributed by atoms with van der Waals surface area (Å²) < 4.78 is 21.5. The number of hydrogen-bond donors (Lipinski definition) is 6. The molecule has 3 aromatic carbocycles. The number of nitrogens with one attached hydrogen (secondary N) is 3. The first-order chi connectivity index (χ1) is 18.3. The van der Waals surface area contributed by atoms with Gasteiger partial charge < -0.3 is 26.6 Å². The molecule has 0 fully saturated rings. The SMILES string of the molecule is Cc1ncc(CNc2c(-c3ccccc3)ccc(C(=N)N)c2F)c(CO)c1OCc1ccc(C(=N)N)cc1. The molecule has 4 rings (SSSR count). The molecule has 0 aliphatic rings. The molecule has 194 valence electrons. The van der Waals surface area contributed by atoms with E-state index in [0.717, 1.165) is 11.1 Å². The predicted octanol–water partition coefficient (Wildman–Crippen LogP) is 4.45. The third-order valence-electron chi connectivity index (χ3n) is 6.18. The van der Waals surface area contributed by atoms with Gasteiger partial charge in [-0.25, -0.2) is 4.39 Å². The first kappa shape index (κ1) is 26.3. The fraction of sp³-hybridized carbons (Fsp3) is 0.138. The number of pyridine rings is 1. The Morgan fingerprint density at radius 2 is 1.71 bits per heavy atom. The molecule has 0 unspecified atom stereocenters. The molecular weight excluding hydrogens is 483 g/mol. The molecule has 0 spiro atoms. The lowest BCUT2D eigenvalue weighted by atomic mass is 9.99. The van der Waals surface area contributed by atoms with E-state index in [9.17, 15) is 5.11 Å². The monoisotopic (exact) mass is 512 g/mol. The Morgan fingerprint density at radius 3 is 2.34 bits per heavy atom. The third-order valence-corrected chi connectivity index (χ3v) is 6.18. The number of benzene rings is 3. The van der Waals surface area contributed by atoms with Gasteiger partial charge in [0.15, 0.2) is 5.82 Å². The minimum absolute atomic E-state index is 0.00333. The second-order valence-corrected chi connectivity index (χ2v) is 8.72. The molecule has 0 aliphatic heterocycles. The Kier molecular flexibility index (Phi) is 7.98. The van der Waals surface area contributed by atoms with Gasteiger partial charge in [0.25, 0.3) is 0 Å². The average Bonchev–Trinajstić information content (AvgIpc) is 2.92. The van der Waals surface area contributed by atoms with E-state index >= 15 is 4.39 Å². The highest BCUT2D eigenvalue weighted by Gasteiger charge is 2.19. The molecular formula is C29H29FN6O2. The van der Waals surface area contributed by atoms with Crippen LogP contribution < -0.4 is 21.5 Å². The van der Waals surface area contributed by atoms with Crippen molar-refractivity contribution in [1.29, 1.82) is 10.8 Å². The van der Waals surface area contributed by atoms with Gasteiger partial charge in [0.05, 0.1) is 23.6 Å². The number of rotatable bonds is 10. The molecule has 8 nitrogen and oxygen atoms in total. The van der Waals surface area contributed by atoms with E-state index in [1.807, 2.05) is 42.5 Å². The first-order valence-corrected chi connectivity index (χ1v) is 11.9. The number of amidine groups is 2. The quantitative estimate of drug-likeness (QED) is 0.136. The molecule has 1 aromatic heterocycles. The summed E-state index contributed by atoms with van der Waals surface area (Å²) in [5, 5.41) is 28.6. The van der Waals surface area contributed by atoms with Crippen molar-refractivity contribution in [2.24, 2.45) is 11.5 Å². The van der Waals surface area contributed by atoms with Gasteiger partial charge in [0.1, 0.15) is 24.0 Å². The van der Waals surface area contributed by atoms with E-state index in [0.29, 0.717) is 33.7 Å². The zero-order valence-electron chi connectivity index (χ0n) is 20.9. The van der Waals surface area contributed by atoms with Crippen LogP contribution in [0.5, 0.6) is 5.75 Å². The Balaban J connectivity index is 1.62. The van der Waals surface area contributed by atoms with Gasteiger partial charge in [-0.3, -0.25) is 15.8 Å². The summed E-state index contributed by atoms with van der Waals surface area (Å²) in [5.74, 6) is -0.565. The van der Waals surface area contributed by atoms with Crippen molar-refractivity contribution in [3.63, 3.8) is 0 Å². The van der Waals surface area contributed by atoms with Crippen LogP contribution in [0.4, 0.5) is 10.1 Å². The molecule has 8 N–H and O–H groups in total. The van der Waals surface area contributed by atoms with Crippen molar-refractivity contribution in [2.45, 2.75) is 26.7 Å². The number of ether oxygens (including phenoxy) is 1. The van der Waals surface area contributed by atoms with Gasteiger partial charge in [-0.2, -0.15) is 0 Å². The zero-order chi connectivity index (χ0) is 27.2. The van der Waals surface area contributed by atoms with Crippen molar-refractivity contribution >= 4 is 17.4 Å². The lowest BCUT2D eigenvalue weighted by molar-refractivity contribution is 0.256. The number of aliphatic hydroxyl groups excluding tert-OH is 1. The van der Waals surface area contributed by atoms with Crippen LogP contribution in [0.15, 0.2) is 72.9 Å². The van der Waals surface area contributed by atoms with Gasteiger partial charge in [-0.05, 0) is 29.7 Å². The topological polar surface area (TPSA) is 154 Å². The highest BCUT2D eigenvalue weighted by molar-refractivity contribution is 5.98. The maximum Gasteiger partial charge on any atom is 0.157 e. The van der Waals surface area contributed by atoms with Crippen molar-refractivity contribution in [1.82, 2.24) is 4.98 Å². The zero-order valence-corrected chi connectivity index (χ0v) is 20.9. The molecule has 0 saturated carbocycles. The normalized spacial score (nSPS) is 10.7. The summed E-state index contributed by atoms with van der Waals surface area (Å²) in [5.41, 5.74) is 16.0. The molecule has 0 atom stereocenters. The largest absolute Gasteiger partial charge is 0.487 e. The van der Waals surface area contributed by atoms with E-state index in [4.69, 9.17) is 27.0 Å².